The van der Waals surface area contributed by atoms with Crippen molar-refractivity contribution in [1.82, 2.24) is 5.32 Å². The van der Waals surface area contributed by atoms with Gasteiger partial charge in [0, 0.05) is 36.0 Å². The highest BCUT2D eigenvalue weighted by Crippen LogP contribution is 2.16. The van der Waals surface area contributed by atoms with Gasteiger partial charge in [-0.1, -0.05) is 54.1 Å². The smallest absolute Gasteiger partial charge is 0.244 e. The lowest BCUT2D eigenvalue weighted by Gasteiger charge is -2.12. The van der Waals surface area contributed by atoms with Gasteiger partial charge in [-0.15, -0.1) is 0 Å². The number of likely N-dealkylation sites (tertiary alicyclic amines) is 1. The van der Waals surface area contributed by atoms with Crippen molar-refractivity contribution in [2.75, 3.05) is 13.1 Å². The van der Waals surface area contributed by atoms with E-state index >= 15 is 0 Å². The Morgan fingerprint density at radius 1 is 1.04 bits per heavy atom. The quantitative estimate of drug-likeness (QED) is 0.767. The standard InChI is InChI=1S/C21H23ClN2O/c22-20-6-2-1-5-19(20)11-12-21(25)23-15-17-7-9-18(10-8-17)16-24-13-3-4-14-24/h1-2,5-12H,3-4,13-16H2,(H,23,25)/p+1/b12-11+. The molecular formula is C21H24ClN2O+. The monoisotopic (exact) mass is 355 g/mol. The number of amides is 1. The lowest BCUT2D eigenvalue weighted by molar-refractivity contribution is -0.901. The predicted molar refractivity (Wildman–Crippen MR) is 102 cm³/mol. The number of nitrogens with one attached hydrogen (secondary N) is 2. The van der Waals surface area contributed by atoms with Crippen molar-refractivity contribution in [3.8, 4) is 0 Å². The molecular weight excluding hydrogens is 332 g/mol. The third kappa shape index (κ3) is 5.45. The molecule has 3 nitrogen and oxygen atoms in total. The van der Waals surface area contributed by atoms with E-state index in [1.165, 1.54) is 37.6 Å². The molecule has 1 heterocycles. The first-order valence-electron chi connectivity index (χ1n) is 8.82. The Labute approximate surface area is 154 Å². The van der Waals surface area contributed by atoms with E-state index in [1.807, 2.05) is 24.3 Å². The van der Waals surface area contributed by atoms with Crippen LogP contribution in [-0.2, 0) is 17.9 Å². The zero-order valence-electron chi connectivity index (χ0n) is 14.3. The summed E-state index contributed by atoms with van der Waals surface area (Å²) in [5.41, 5.74) is 3.32. The predicted octanol–water partition coefficient (Wildman–Crippen LogP) is 2.85. The van der Waals surface area contributed by atoms with Crippen LogP contribution < -0.4 is 10.2 Å². The number of hydrogen-bond donors (Lipinski definition) is 2. The number of quaternary nitrogens is 1. The van der Waals surface area contributed by atoms with Crippen molar-refractivity contribution >= 4 is 23.6 Å². The molecule has 1 aliphatic rings. The van der Waals surface area contributed by atoms with Crippen LogP contribution in [0.2, 0.25) is 5.02 Å². The second kappa shape index (κ2) is 8.84. The number of carbonyl (C=O) groups is 1. The Hall–Kier alpha value is -2.10. The Balaban J connectivity index is 1.47. The molecule has 1 amide bonds. The Kier molecular flexibility index (Phi) is 6.26. The van der Waals surface area contributed by atoms with Gasteiger partial charge in [-0.25, -0.2) is 0 Å². The second-order valence-electron chi connectivity index (χ2n) is 6.52. The van der Waals surface area contributed by atoms with Crippen LogP contribution >= 0.6 is 11.6 Å². The van der Waals surface area contributed by atoms with Gasteiger partial charge in [0.15, 0.2) is 0 Å². The van der Waals surface area contributed by atoms with E-state index in [-0.39, 0.29) is 5.91 Å². The largest absolute Gasteiger partial charge is 0.348 e. The van der Waals surface area contributed by atoms with Crippen LogP contribution in [0.25, 0.3) is 6.08 Å². The first-order chi connectivity index (χ1) is 12.2. The van der Waals surface area contributed by atoms with Gasteiger partial charge in [0.1, 0.15) is 6.54 Å². The van der Waals surface area contributed by atoms with Gasteiger partial charge in [-0.3, -0.25) is 4.79 Å². The summed E-state index contributed by atoms with van der Waals surface area (Å²) in [7, 11) is 0. The molecule has 1 aliphatic heterocycles. The molecule has 0 aromatic heterocycles. The molecule has 0 unspecified atom stereocenters. The summed E-state index contributed by atoms with van der Waals surface area (Å²) in [4.78, 5) is 13.6. The molecule has 2 aromatic rings. The second-order valence-corrected chi connectivity index (χ2v) is 6.93. The van der Waals surface area contributed by atoms with E-state index in [0.29, 0.717) is 11.6 Å². The normalized spacial score (nSPS) is 14.9. The maximum Gasteiger partial charge on any atom is 0.244 e. The highest BCUT2D eigenvalue weighted by molar-refractivity contribution is 6.32. The van der Waals surface area contributed by atoms with Crippen molar-refractivity contribution in [3.63, 3.8) is 0 Å². The average Bonchev–Trinajstić information content (AvgIpc) is 3.13. The van der Waals surface area contributed by atoms with Gasteiger partial charge in [0.2, 0.25) is 5.91 Å². The van der Waals surface area contributed by atoms with Crippen LogP contribution in [0.3, 0.4) is 0 Å². The van der Waals surface area contributed by atoms with Gasteiger partial charge >= 0.3 is 0 Å². The summed E-state index contributed by atoms with van der Waals surface area (Å²) >= 11 is 6.07. The molecule has 0 bridgehead atoms. The maximum absolute atomic E-state index is 12.0. The minimum Gasteiger partial charge on any atom is -0.348 e. The Bertz CT molecular complexity index is 734. The molecule has 2 aromatic carbocycles. The van der Waals surface area contributed by atoms with Gasteiger partial charge < -0.3 is 10.2 Å². The summed E-state index contributed by atoms with van der Waals surface area (Å²) in [5.74, 6) is -0.120. The molecule has 0 atom stereocenters. The van der Waals surface area contributed by atoms with E-state index in [4.69, 9.17) is 11.6 Å². The van der Waals surface area contributed by atoms with Crippen LogP contribution in [-0.4, -0.2) is 19.0 Å². The Morgan fingerprint density at radius 2 is 1.72 bits per heavy atom. The fourth-order valence-corrected chi connectivity index (χ4v) is 3.34. The summed E-state index contributed by atoms with van der Waals surface area (Å²) in [6.45, 7) is 4.21. The van der Waals surface area contributed by atoms with Crippen molar-refractivity contribution < 1.29 is 9.69 Å². The first kappa shape index (κ1) is 17.7. The minimum atomic E-state index is -0.120. The lowest BCUT2D eigenvalue weighted by atomic mass is 10.1. The minimum absolute atomic E-state index is 0.120. The topological polar surface area (TPSA) is 33.5 Å². The summed E-state index contributed by atoms with van der Waals surface area (Å²) < 4.78 is 0. The summed E-state index contributed by atoms with van der Waals surface area (Å²) in [5, 5.41) is 3.55. The van der Waals surface area contributed by atoms with E-state index in [9.17, 15) is 4.79 Å². The number of halogens is 1. The molecule has 0 saturated carbocycles. The molecule has 0 spiro atoms. The SMILES string of the molecule is O=C(/C=C/c1ccccc1Cl)NCc1ccc(C[NH+]2CCCC2)cc1. The van der Waals surface area contributed by atoms with Crippen molar-refractivity contribution in [3.05, 3.63) is 76.3 Å². The van der Waals surface area contributed by atoms with Gasteiger partial charge in [-0.05, 0) is 23.3 Å². The van der Waals surface area contributed by atoms with Crippen LogP contribution in [0.1, 0.15) is 29.5 Å². The summed E-state index contributed by atoms with van der Waals surface area (Å²) in [6, 6.07) is 16.0. The van der Waals surface area contributed by atoms with Gasteiger partial charge in [-0.2, -0.15) is 0 Å². The molecule has 0 aliphatic carbocycles. The highest BCUT2D eigenvalue weighted by Gasteiger charge is 2.15. The van der Waals surface area contributed by atoms with Crippen molar-refractivity contribution in [2.24, 2.45) is 0 Å². The molecule has 3 rings (SSSR count). The molecule has 0 radical (unpaired) electrons. The van der Waals surface area contributed by atoms with E-state index < -0.39 is 0 Å². The molecule has 25 heavy (non-hydrogen) atoms. The molecule has 2 N–H and O–H groups in total. The van der Waals surface area contributed by atoms with Crippen LogP contribution in [0.5, 0.6) is 0 Å². The molecule has 4 heteroatoms. The van der Waals surface area contributed by atoms with E-state index in [0.717, 1.165) is 17.7 Å². The third-order valence-electron chi connectivity index (χ3n) is 4.57. The summed E-state index contributed by atoms with van der Waals surface area (Å²) in [6.07, 6.45) is 5.95. The number of rotatable bonds is 6. The highest BCUT2D eigenvalue weighted by atomic mass is 35.5. The Morgan fingerprint density at radius 3 is 2.44 bits per heavy atom. The molecule has 130 valence electrons. The van der Waals surface area contributed by atoms with Gasteiger partial charge in [0.25, 0.3) is 0 Å². The fraction of sp³-hybridized carbons (Fsp3) is 0.286. The maximum atomic E-state index is 12.0. The number of benzene rings is 2. The van der Waals surface area contributed by atoms with Crippen LogP contribution in [0.4, 0.5) is 0 Å². The van der Waals surface area contributed by atoms with E-state index in [2.05, 4.69) is 29.6 Å². The van der Waals surface area contributed by atoms with Crippen LogP contribution in [0.15, 0.2) is 54.6 Å². The number of hydrogen-bond acceptors (Lipinski definition) is 1. The average molecular weight is 356 g/mol. The number of carbonyl (C=O) groups excluding carboxylic acids is 1. The third-order valence-corrected chi connectivity index (χ3v) is 4.92. The molecule has 1 saturated heterocycles. The zero-order chi connectivity index (χ0) is 17.5. The van der Waals surface area contributed by atoms with Crippen LogP contribution in [0, 0.1) is 0 Å². The first-order valence-corrected chi connectivity index (χ1v) is 9.20. The lowest BCUT2D eigenvalue weighted by Crippen LogP contribution is -3.08. The fourth-order valence-electron chi connectivity index (χ4n) is 3.14. The zero-order valence-corrected chi connectivity index (χ0v) is 15.1. The van der Waals surface area contributed by atoms with E-state index in [1.54, 1.807) is 11.0 Å². The van der Waals surface area contributed by atoms with Crippen molar-refractivity contribution in [2.45, 2.75) is 25.9 Å². The molecule has 1 fully saturated rings. The van der Waals surface area contributed by atoms with Crippen molar-refractivity contribution in [1.29, 1.82) is 0 Å². The van der Waals surface area contributed by atoms with Gasteiger partial charge in [0.05, 0.1) is 13.1 Å².